The maximum Gasteiger partial charge on any atom is 0.164 e. The molecule has 0 bridgehead atoms. The van der Waals surface area contributed by atoms with Gasteiger partial charge in [0.25, 0.3) is 0 Å². The van der Waals surface area contributed by atoms with Gasteiger partial charge in [0.2, 0.25) is 0 Å². The Kier molecular flexibility index (Phi) is 6.81. The van der Waals surface area contributed by atoms with Crippen LogP contribution in [0.15, 0.2) is 194 Å². The van der Waals surface area contributed by atoms with E-state index in [1.807, 2.05) is 60.7 Å². The molecule has 2 aromatic heterocycles. The molecule has 2 aliphatic rings. The van der Waals surface area contributed by atoms with E-state index in [-0.39, 0.29) is 0 Å². The lowest BCUT2D eigenvalue weighted by Gasteiger charge is -2.30. The SMILES string of the molecule is c1ccc(-c2nc(-c3ccccc3)nc(-c3ccc(-c4nc5ccccc5c5c6c(ccc45)C4(c5ccccc5-c5ccccc54)c4ccccc4-6)cc3)n2)cc1. The molecule has 0 unspecified atom stereocenters. The van der Waals surface area contributed by atoms with Gasteiger partial charge in [-0.15, -0.1) is 0 Å². The molecule has 10 aromatic rings. The maximum atomic E-state index is 5.38. The molecular weight excluding hydrogens is 693 g/mol. The van der Waals surface area contributed by atoms with Gasteiger partial charge in [0, 0.05) is 38.4 Å². The Labute approximate surface area is 329 Å². The first-order chi connectivity index (χ1) is 28.3. The third-order valence-electron chi connectivity index (χ3n) is 11.9. The fraction of sp³-hybridized carbons (Fsp3) is 0.0189. The maximum absolute atomic E-state index is 5.38. The molecule has 0 aliphatic heterocycles. The molecule has 1 spiro atoms. The molecule has 264 valence electrons. The number of pyridine rings is 1. The number of fused-ring (bicyclic) bond motifs is 14. The third kappa shape index (κ3) is 4.56. The summed E-state index contributed by atoms with van der Waals surface area (Å²) in [5, 5.41) is 3.52. The predicted molar refractivity (Wildman–Crippen MR) is 231 cm³/mol. The summed E-state index contributed by atoms with van der Waals surface area (Å²) in [6.07, 6.45) is 0. The number of benzene rings is 8. The third-order valence-corrected chi connectivity index (χ3v) is 11.9. The summed E-state index contributed by atoms with van der Waals surface area (Å²) in [5.41, 5.74) is 15.9. The minimum absolute atomic E-state index is 0.415. The van der Waals surface area contributed by atoms with E-state index in [9.17, 15) is 0 Å². The van der Waals surface area contributed by atoms with Crippen LogP contribution in [0.25, 0.3) is 89.4 Å². The Hall–Kier alpha value is -7.56. The van der Waals surface area contributed by atoms with Crippen molar-refractivity contribution in [2.45, 2.75) is 5.41 Å². The Balaban J connectivity index is 1.07. The van der Waals surface area contributed by atoms with Crippen LogP contribution in [-0.4, -0.2) is 19.9 Å². The van der Waals surface area contributed by atoms with E-state index in [2.05, 4.69) is 133 Å². The molecule has 12 rings (SSSR count). The zero-order chi connectivity index (χ0) is 37.5. The topological polar surface area (TPSA) is 51.6 Å². The summed E-state index contributed by atoms with van der Waals surface area (Å²) in [5.74, 6) is 1.91. The molecule has 0 N–H and O–H groups in total. The normalized spacial score (nSPS) is 13.1. The van der Waals surface area contributed by atoms with Crippen LogP contribution in [-0.2, 0) is 5.41 Å². The fourth-order valence-corrected chi connectivity index (χ4v) is 9.56. The van der Waals surface area contributed by atoms with Crippen molar-refractivity contribution in [1.82, 2.24) is 19.9 Å². The van der Waals surface area contributed by atoms with E-state index in [0.717, 1.165) is 44.2 Å². The second kappa shape index (κ2) is 12.2. The van der Waals surface area contributed by atoms with Crippen LogP contribution in [0.5, 0.6) is 0 Å². The zero-order valence-corrected chi connectivity index (χ0v) is 30.8. The number of hydrogen-bond acceptors (Lipinski definition) is 4. The van der Waals surface area contributed by atoms with Gasteiger partial charge in [0.05, 0.1) is 16.6 Å². The highest BCUT2D eigenvalue weighted by Gasteiger charge is 2.52. The van der Waals surface area contributed by atoms with Gasteiger partial charge < -0.3 is 0 Å². The van der Waals surface area contributed by atoms with Gasteiger partial charge in [-0.25, -0.2) is 19.9 Å². The van der Waals surface area contributed by atoms with Crippen LogP contribution >= 0.6 is 0 Å². The zero-order valence-electron chi connectivity index (χ0n) is 30.8. The largest absolute Gasteiger partial charge is 0.247 e. The average molecular weight is 725 g/mol. The molecule has 0 saturated heterocycles. The van der Waals surface area contributed by atoms with Crippen LogP contribution in [0, 0.1) is 0 Å². The minimum Gasteiger partial charge on any atom is -0.247 e. The first kappa shape index (κ1) is 31.8. The van der Waals surface area contributed by atoms with Crippen molar-refractivity contribution in [1.29, 1.82) is 0 Å². The van der Waals surface area contributed by atoms with Crippen LogP contribution < -0.4 is 0 Å². The summed E-state index contributed by atoms with van der Waals surface area (Å²) < 4.78 is 0. The van der Waals surface area contributed by atoms with Crippen LogP contribution in [0.4, 0.5) is 0 Å². The lowest BCUT2D eigenvalue weighted by atomic mass is 9.70. The van der Waals surface area contributed by atoms with Crippen molar-refractivity contribution in [2.75, 3.05) is 0 Å². The highest BCUT2D eigenvalue weighted by atomic mass is 15.0. The van der Waals surface area contributed by atoms with Crippen LogP contribution in [0.3, 0.4) is 0 Å². The summed E-state index contributed by atoms with van der Waals surface area (Å²) in [6, 6.07) is 69.0. The van der Waals surface area contributed by atoms with Gasteiger partial charge in [-0.05, 0) is 50.6 Å². The lowest BCUT2D eigenvalue weighted by molar-refractivity contribution is 0.794. The van der Waals surface area contributed by atoms with E-state index >= 15 is 0 Å². The molecule has 0 amide bonds. The van der Waals surface area contributed by atoms with Gasteiger partial charge >= 0.3 is 0 Å². The average Bonchev–Trinajstić information content (AvgIpc) is 3.77. The van der Waals surface area contributed by atoms with Gasteiger partial charge in [-0.2, -0.15) is 0 Å². The van der Waals surface area contributed by atoms with E-state index in [4.69, 9.17) is 19.9 Å². The summed E-state index contributed by atoms with van der Waals surface area (Å²) >= 11 is 0. The van der Waals surface area contributed by atoms with Crippen LogP contribution in [0.1, 0.15) is 22.3 Å². The van der Waals surface area contributed by atoms with Crippen LogP contribution in [0.2, 0.25) is 0 Å². The lowest BCUT2D eigenvalue weighted by Crippen LogP contribution is -2.25. The van der Waals surface area contributed by atoms with E-state index in [1.54, 1.807) is 0 Å². The van der Waals surface area contributed by atoms with Crippen molar-refractivity contribution >= 4 is 21.7 Å². The molecule has 4 nitrogen and oxygen atoms in total. The van der Waals surface area contributed by atoms with E-state index in [0.29, 0.717) is 17.5 Å². The van der Waals surface area contributed by atoms with Gasteiger partial charge in [0.1, 0.15) is 0 Å². The molecule has 0 saturated carbocycles. The second-order valence-electron chi connectivity index (χ2n) is 14.9. The molecule has 8 aromatic carbocycles. The van der Waals surface area contributed by atoms with E-state index < -0.39 is 5.41 Å². The minimum atomic E-state index is -0.415. The highest BCUT2D eigenvalue weighted by Crippen LogP contribution is 2.64. The first-order valence-electron chi connectivity index (χ1n) is 19.4. The molecule has 0 radical (unpaired) electrons. The summed E-state index contributed by atoms with van der Waals surface area (Å²) in [6.45, 7) is 0. The molecule has 4 heteroatoms. The quantitative estimate of drug-likeness (QED) is 0.170. The van der Waals surface area contributed by atoms with Crippen molar-refractivity contribution in [3.8, 4) is 67.7 Å². The molecule has 0 fully saturated rings. The summed E-state index contributed by atoms with van der Waals surface area (Å²) in [4.78, 5) is 20.2. The number of aromatic nitrogens is 4. The molecule has 0 atom stereocenters. The first-order valence-corrected chi connectivity index (χ1v) is 19.4. The number of hydrogen-bond donors (Lipinski definition) is 0. The monoisotopic (exact) mass is 724 g/mol. The van der Waals surface area contributed by atoms with E-state index in [1.165, 1.54) is 49.9 Å². The summed E-state index contributed by atoms with van der Waals surface area (Å²) in [7, 11) is 0. The second-order valence-corrected chi connectivity index (χ2v) is 14.9. The van der Waals surface area contributed by atoms with Crippen molar-refractivity contribution in [3.63, 3.8) is 0 Å². The number of nitrogens with zero attached hydrogens (tertiary/aromatic N) is 4. The van der Waals surface area contributed by atoms with Gasteiger partial charge in [0.15, 0.2) is 17.5 Å². The van der Waals surface area contributed by atoms with Gasteiger partial charge in [-0.3, -0.25) is 0 Å². The predicted octanol–water partition coefficient (Wildman–Crippen LogP) is 12.6. The molecule has 57 heavy (non-hydrogen) atoms. The van der Waals surface area contributed by atoms with Crippen molar-refractivity contribution in [3.05, 3.63) is 216 Å². The van der Waals surface area contributed by atoms with Gasteiger partial charge in [-0.1, -0.05) is 188 Å². The smallest absolute Gasteiger partial charge is 0.164 e. The Morgan fingerprint density at radius 3 is 1.35 bits per heavy atom. The van der Waals surface area contributed by atoms with Crippen molar-refractivity contribution in [2.24, 2.45) is 0 Å². The number of rotatable bonds is 4. The van der Waals surface area contributed by atoms with Crippen molar-refractivity contribution < 1.29 is 0 Å². The molecule has 2 heterocycles. The number of para-hydroxylation sites is 1. The standard InChI is InChI=1S/C53H32N4/c1-3-15-34(16-4-1)50-55-51(35-17-5-2-6-18-35)57-52(56-50)36-29-27-33(28-30-36)49-41-31-32-45-48(47(41)40-22-10-14-26-46(40)54-49)39-21-9-13-25-44(39)53(45)42-23-11-7-19-37(42)38-20-8-12-24-43(38)53/h1-32H. The molecule has 2 aliphatic carbocycles. The Bertz CT molecular complexity index is 3120. The fourth-order valence-electron chi connectivity index (χ4n) is 9.56. The Morgan fingerprint density at radius 1 is 0.298 bits per heavy atom. The highest BCUT2D eigenvalue weighted by molar-refractivity contribution is 6.20. The molecular formula is C53H32N4. The Morgan fingerprint density at radius 2 is 0.754 bits per heavy atom.